The zero-order valence-corrected chi connectivity index (χ0v) is 20.0. The van der Waals surface area contributed by atoms with E-state index >= 15 is 0 Å². The van der Waals surface area contributed by atoms with E-state index < -0.39 is 0 Å². The van der Waals surface area contributed by atoms with Gasteiger partial charge in [-0.05, 0) is 48.9 Å². The maximum atomic E-state index is 13.2. The topological polar surface area (TPSA) is 32.3 Å². The number of nitrogens with zero attached hydrogens (tertiary/aromatic N) is 1. The molecule has 1 rings (SSSR count). The van der Waals surface area contributed by atoms with Crippen molar-refractivity contribution in [3.63, 3.8) is 0 Å². The lowest BCUT2D eigenvalue weighted by atomic mass is 9.73. The highest BCUT2D eigenvalue weighted by molar-refractivity contribution is 14.1. The molecule has 0 aromatic carbocycles. The Morgan fingerprint density at radius 2 is 1.76 bits per heavy atom. The van der Waals surface area contributed by atoms with Crippen molar-refractivity contribution in [2.24, 2.45) is 16.2 Å². The fraction of sp³-hybridized carbons (Fsp3) is 0.952. The molecule has 4 heteroatoms. The number of likely N-dealkylation sites (tertiary alicyclic amines) is 1. The van der Waals surface area contributed by atoms with Gasteiger partial charge in [0.2, 0.25) is 5.91 Å². The van der Waals surface area contributed by atoms with Crippen molar-refractivity contribution in [1.29, 1.82) is 0 Å². The predicted molar refractivity (Wildman–Crippen MR) is 117 cm³/mol. The predicted octanol–water partition coefficient (Wildman–Crippen LogP) is 5.27. The zero-order valence-electron chi connectivity index (χ0n) is 17.8. The van der Waals surface area contributed by atoms with Crippen molar-refractivity contribution in [3.8, 4) is 0 Å². The third-order valence-corrected chi connectivity index (χ3v) is 6.00. The lowest BCUT2D eigenvalue weighted by molar-refractivity contribution is -0.136. The normalized spacial score (nSPS) is 20.8. The van der Waals surface area contributed by atoms with Gasteiger partial charge in [0.25, 0.3) is 0 Å². The summed E-state index contributed by atoms with van der Waals surface area (Å²) < 4.78 is 1.20. The van der Waals surface area contributed by atoms with Crippen molar-refractivity contribution < 1.29 is 4.79 Å². The molecule has 2 atom stereocenters. The van der Waals surface area contributed by atoms with Gasteiger partial charge >= 0.3 is 0 Å². The summed E-state index contributed by atoms with van der Waals surface area (Å²) in [4.78, 5) is 15.3. The van der Waals surface area contributed by atoms with E-state index in [9.17, 15) is 4.79 Å². The number of nitrogens with one attached hydrogen (secondary N) is 1. The molecule has 0 aromatic heterocycles. The molecule has 1 saturated heterocycles. The van der Waals surface area contributed by atoms with Crippen LogP contribution in [-0.2, 0) is 4.79 Å². The Morgan fingerprint density at radius 3 is 2.20 bits per heavy atom. The lowest BCUT2D eigenvalue weighted by Crippen LogP contribution is -2.55. The maximum Gasteiger partial charge on any atom is 0.240 e. The van der Waals surface area contributed by atoms with Crippen molar-refractivity contribution in [2.45, 2.75) is 93.2 Å². The van der Waals surface area contributed by atoms with Crippen molar-refractivity contribution in [1.82, 2.24) is 10.2 Å². The van der Waals surface area contributed by atoms with Crippen LogP contribution in [0.25, 0.3) is 0 Å². The minimum absolute atomic E-state index is 0.0762. The molecule has 0 bridgehead atoms. The summed E-state index contributed by atoms with van der Waals surface area (Å²) in [5.41, 5.74) is 0.444. The van der Waals surface area contributed by atoms with Crippen LogP contribution in [0.2, 0.25) is 0 Å². The molecule has 0 spiro atoms. The molecule has 1 heterocycles. The second kappa shape index (κ2) is 8.90. The van der Waals surface area contributed by atoms with Gasteiger partial charge in [-0.3, -0.25) is 4.79 Å². The molecule has 148 valence electrons. The molecule has 0 radical (unpaired) electrons. The first kappa shape index (κ1) is 23.2. The second-order valence-corrected chi connectivity index (χ2v) is 11.7. The highest BCUT2D eigenvalue weighted by atomic mass is 127. The van der Waals surface area contributed by atoms with Gasteiger partial charge in [-0.15, -0.1) is 0 Å². The molecule has 2 unspecified atom stereocenters. The number of rotatable bonds is 8. The molecule has 3 nitrogen and oxygen atoms in total. The first-order chi connectivity index (χ1) is 11.3. The summed E-state index contributed by atoms with van der Waals surface area (Å²) in [6, 6.07) is 0.273. The summed E-state index contributed by atoms with van der Waals surface area (Å²) in [5.74, 6) is 0.292. The Morgan fingerprint density at radius 1 is 1.16 bits per heavy atom. The molecule has 1 amide bonds. The third kappa shape index (κ3) is 7.36. The van der Waals surface area contributed by atoms with Gasteiger partial charge in [0, 0.05) is 23.6 Å². The molecule has 1 aliphatic rings. The Kier molecular flexibility index (Phi) is 8.26. The average Bonchev–Trinajstić information content (AvgIpc) is 2.81. The highest BCUT2D eigenvalue weighted by Crippen LogP contribution is 2.37. The molecule has 0 aromatic rings. The Bertz CT molecular complexity index is 440. The van der Waals surface area contributed by atoms with Crippen LogP contribution < -0.4 is 5.32 Å². The summed E-state index contributed by atoms with van der Waals surface area (Å²) in [7, 11) is 0. The Labute approximate surface area is 170 Å². The van der Waals surface area contributed by atoms with Crippen LogP contribution in [0, 0.1) is 16.2 Å². The monoisotopic (exact) mass is 464 g/mol. The SMILES string of the molecule is CC1CCCN1C(=O)C(NCC(C)(C)CC(C)(C)CCI)C(C)(C)C. The van der Waals surface area contributed by atoms with Crippen molar-refractivity contribution in [2.75, 3.05) is 17.5 Å². The fourth-order valence-electron chi connectivity index (χ4n) is 4.27. The number of hydrogen-bond acceptors (Lipinski definition) is 2. The molecule has 0 aliphatic carbocycles. The fourth-order valence-corrected chi connectivity index (χ4v) is 5.73. The van der Waals surface area contributed by atoms with Crippen molar-refractivity contribution >= 4 is 28.5 Å². The Hall–Kier alpha value is 0.160. The lowest BCUT2D eigenvalue weighted by Gasteiger charge is -2.39. The van der Waals surface area contributed by atoms with E-state index in [0.717, 1.165) is 25.9 Å². The Balaban J connectivity index is 2.77. The minimum atomic E-state index is -0.111. The van der Waals surface area contributed by atoms with E-state index in [4.69, 9.17) is 0 Å². The number of alkyl halides is 1. The van der Waals surface area contributed by atoms with Gasteiger partial charge in [-0.2, -0.15) is 0 Å². The van der Waals surface area contributed by atoms with Crippen LogP contribution >= 0.6 is 22.6 Å². The number of halogens is 1. The maximum absolute atomic E-state index is 13.2. The van der Waals surface area contributed by atoms with E-state index in [1.807, 2.05) is 0 Å². The first-order valence-electron chi connectivity index (χ1n) is 9.89. The summed E-state index contributed by atoms with van der Waals surface area (Å²) >= 11 is 2.47. The smallest absolute Gasteiger partial charge is 0.240 e. The zero-order chi connectivity index (χ0) is 19.5. The van der Waals surface area contributed by atoms with Crippen LogP contribution in [0.15, 0.2) is 0 Å². The van der Waals surface area contributed by atoms with Crippen LogP contribution in [0.4, 0.5) is 0 Å². The van der Waals surface area contributed by atoms with E-state index in [1.54, 1.807) is 0 Å². The van der Waals surface area contributed by atoms with Crippen LogP contribution in [0.5, 0.6) is 0 Å². The molecule has 0 saturated carbocycles. The van der Waals surface area contributed by atoms with E-state index in [0.29, 0.717) is 17.4 Å². The van der Waals surface area contributed by atoms with Gasteiger partial charge in [0.1, 0.15) is 0 Å². The number of carbonyl (C=O) groups is 1. The average molecular weight is 464 g/mol. The van der Waals surface area contributed by atoms with Gasteiger partial charge < -0.3 is 10.2 Å². The van der Waals surface area contributed by atoms with Crippen LogP contribution in [0.3, 0.4) is 0 Å². The molecule has 1 fully saturated rings. The van der Waals surface area contributed by atoms with Crippen molar-refractivity contribution in [3.05, 3.63) is 0 Å². The molecule has 1 aliphatic heterocycles. The van der Waals surface area contributed by atoms with E-state index in [1.165, 1.54) is 17.3 Å². The standard InChI is InChI=1S/C21H41IN2O/c1-16-10-9-13-24(16)18(25)17(19(2,3)4)23-15-21(7,8)14-20(5,6)11-12-22/h16-17,23H,9-15H2,1-8H3. The minimum Gasteiger partial charge on any atom is -0.339 e. The molecule has 25 heavy (non-hydrogen) atoms. The van der Waals surface area contributed by atoms with Crippen LogP contribution in [0.1, 0.15) is 81.1 Å². The molecule has 1 N–H and O–H groups in total. The number of amides is 1. The quantitative estimate of drug-likeness (QED) is 0.392. The van der Waals surface area contributed by atoms with Crippen LogP contribution in [-0.4, -0.2) is 40.4 Å². The van der Waals surface area contributed by atoms with Gasteiger partial charge in [-0.1, -0.05) is 71.1 Å². The summed E-state index contributed by atoms with van der Waals surface area (Å²) in [6.45, 7) is 19.9. The molecular weight excluding hydrogens is 423 g/mol. The van der Waals surface area contributed by atoms with Gasteiger partial charge in [0.05, 0.1) is 6.04 Å². The van der Waals surface area contributed by atoms with Gasteiger partial charge in [0.15, 0.2) is 0 Å². The number of carbonyl (C=O) groups excluding carboxylic acids is 1. The van der Waals surface area contributed by atoms with E-state index in [-0.39, 0.29) is 16.9 Å². The molecular formula is C21H41IN2O. The first-order valence-corrected chi connectivity index (χ1v) is 11.4. The summed E-state index contributed by atoms with van der Waals surface area (Å²) in [5, 5.41) is 3.67. The number of hydrogen-bond donors (Lipinski definition) is 1. The highest BCUT2D eigenvalue weighted by Gasteiger charge is 2.38. The second-order valence-electron chi connectivity index (χ2n) is 10.6. The summed E-state index contributed by atoms with van der Waals surface area (Å²) in [6.07, 6.45) is 4.68. The van der Waals surface area contributed by atoms with Gasteiger partial charge in [-0.25, -0.2) is 0 Å². The third-order valence-electron chi connectivity index (χ3n) is 5.46. The van der Waals surface area contributed by atoms with E-state index in [2.05, 4.69) is 88.2 Å². The largest absolute Gasteiger partial charge is 0.339 e.